The van der Waals surface area contributed by atoms with Crippen LogP contribution in [0.4, 0.5) is 4.79 Å². The van der Waals surface area contributed by atoms with Crippen LogP contribution in [0, 0.1) is 0 Å². The molecule has 1 aliphatic heterocycles. The Morgan fingerprint density at radius 3 is 2.79 bits per heavy atom. The third kappa shape index (κ3) is 3.77. The van der Waals surface area contributed by atoms with Crippen molar-refractivity contribution in [1.29, 1.82) is 0 Å². The molecular weight excluding hydrogens is 380 g/mol. The number of fused-ring (bicyclic) bond motifs is 2. The summed E-state index contributed by atoms with van der Waals surface area (Å²) in [6.45, 7) is 8.89. The van der Waals surface area contributed by atoms with Gasteiger partial charge in [0, 0.05) is 41.5 Å². The molecule has 0 spiro atoms. The van der Waals surface area contributed by atoms with Gasteiger partial charge in [-0.1, -0.05) is 6.92 Å². The number of hydrogen-bond donors (Lipinski definition) is 1. The molecule has 0 radical (unpaired) electrons. The number of piperidine rings is 1. The number of carbonyl (C=O) groups excluding carboxylic acids is 1. The van der Waals surface area contributed by atoms with Crippen molar-refractivity contribution < 1.29 is 4.79 Å². The summed E-state index contributed by atoms with van der Waals surface area (Å²) in [6, 6.07) is 5.26. The van der Waals surface area contributed by atoms with E-state index in [0.717, 1.165) is 24.1 Å². The molecule has 0 bridgehead atoms. The van der Waals surface area contributed by atoms with Crippen LogP contribution in [0.15, 0.2) is 23.2 Å². The quantitative estimate of drug-likeness (QED) is 0.685. The zero-order valence-corrected chi connectivity index (χ0v) is 19.0. The second-order valence-corrected chi connectivity index (χ2v) is 9.54. The summed E-state index contributed by atoms with van der Waals surface area (Å²) in [7, 11) is 2.27. The minimum absolute atomic E-state index is 0.0274. The fourth-order valence-electron chi connectivity index (χ4n) is 5.09. The highest BCUT2D eigenvalue weighted by atomic mass is 32.2. The Labute approximate surface area is 178 Å². The number of nitrogens with zero attached hydrogens (tertiary/aromatic N) is 3. The molecule has 2 heterocycles. The summed E-state index contributed by atoms with van der Waals surface area (Å²) in [6.07, 6.45) is 6.93. The van der Waals surface area contributed by atoms with Crippen LogP contribution in [0.1, 0.15) is 57.1 Å². The smallest absolute Gasteiger partial charge is 0.324 e. The largest absolute Gasteiger partial charge is 0.336 e. The standard InChI is InChI=1S/C23H34N4OS/c1-5-11-29-17-13-19-18-9-8-10-25(4)20(18)12-16-15-27(21(14-17)22(16)19)24-23(28)26(6-2)7-3/h13-15,18,20H,5-12H2,1-4H3,(H,24,28)/t18-,20-/m1/s1. The van der Waals surface area contributed by atoms with Gasteiger partial charge in [0.1, 0.15) is 0 Å². The molecule has 5 nitrogen and oxygen atoms in total. The van der Waals surface area contributed by atoms with Crippen molar-refractivity contribution in [2.45, 2.75) is 63.3 Å². The monoisotopic (exact) mass is 414 g/mol. The predicted molar refractivity (Wildman–Crippen MR) is 123 cm³/mol. The maximum absolute atomic E-state index is 12.8. The average Bonchev–Trinajstić information content (AvgIpc) is 3.06. The highest BCUT2D eigenvalue weighted by Crippen LogP contribution is 2.45. The normalized spacial score (nSPS) is 21.2. The predicted octanol–water partition coefficient (Wildman–Crippen LogP) is 4.88. The summed E-state index contributed by atoms with van der Waals surface area (Å²) in [5.74, 6) is 1.72. The Bertz CT molecular complexity index is 889. The number of carbonyl (C=O) groups is 1. The summed E-state index contributed by atoms with van der Waals surface area (Å²) in [5.41, 5.74) is 7.18. The molecule has 1 aromatic heterocycles. The molecule has 4 rings (SSSR count). The molecular formula is C23H34N4OS. The number of rotatable bonds is 6. The minimum Gasteiger partial charge on any atom is -0.324 e. The van der Waals surface area contributed by atoms with Crippen molar-refractivity contribution in [3.05, 3.63) is 29.5 Å². The number of nitrogens with one attached hydrogen (secondary N) is 1. The van der Waals surface area contributed by atoms with Gasteiger partial charge in [-0.2, -0.15) is 0 Å². The van der Waals surface area contributed by atoms with Crippen molar-refractivity contribution >= 4 is 28.7 Å². The van der Waals surface area contributed by atoms with E-state index in [1.807, 2.05) is 35.2 Å². The van der Waals surface area contributed by atoms with Crippen molar-refractivity contribution in [2.75, 3.05) is 37.9 Å². The number of amides is 2. The number of urea groups is 1. The Kier molecular flexibility index (Phi) is 6.11. The Hall–Kier alpha value is -1.66. The summed E-state index contributed by atoms with van der Waals surface area (Å²) < 4.78 is 1.99. The lowest BCUT2D eigenvalue weighted by molar-refractivity contribution is 0.157. The van der Waals surface area contributed by atoms with Crippen molar-refractivity contribution in [3.8, 4) is 0 Å². The zero-order valence-electron chi connectivity index (χ0n) is 18.2. The second-order valence-electron chi connectivity index (χ2n) is 8.37. The van der Waals surface area contributed by atoms with Gasteiger partial charge in [0.15, 0.2) is 0 Å². The van der Waals surface area contributed by atoms with E-state index in [-0.39, 0.29) is 6.03 Å². The van der Waals surface area contributed by atoms with Gasteiger partial charge in [-0.25, -0.2) is 10.2 Å². The lowest BCUT2D eigenvalue weighted by Gasteiger charge is -2.42. The topological polar surface area (TPSA) is 40.5 Å². The van der Waals surface area contributed by atoms with Crippen LogP contribution in [0.3, 0.4) is 0 Å². The Morgan fingerprint density at radius 2 is 2.07 bits per heavy atom. The van der Waals surface area contributed by atoms with Gasteiger partial charge >= 0.3 is 6.03 Å². The highest BCUT2D eigenvalue weighted by Gasteiger charge is 2.37. The molecule has 1 saturated heterocycles. The lowest BCUT2D eigenvalue weighted by atomic mass is 9.75. The van der Waals surface area contributed by atoms with Crippen LogP contribution in [-0.4, -0.2) is 59.0 Å². The zero-order chi connectivity index (χ0) is 20.5. The maximum Gasteiger partial charge on any atom is 0.336 e. The molecule has 2 atom stereocenters. The average molecular weight is 415 g/mol. The number of likely N-dealkylation sites (N-methyl/N-ethyl adjacent to an activating group) is 1. The molecule has 2 aliphatic rings. The van der Waals surface area contributed by atoms with E-state index in [1.165, 1.54) is 40.8 Å². The van der Waals surface area contributed by atoms with Crippen LogP contribution in [-0.2, 0) is 6.42 Å². The highest BCUT2D eigenvalue weighted by molar-refractivity contribution is 7.99. The van der Waals surface area contributed by atoms with E-state index in [1.54, 1.807) is 0 Å². The van der Waals surface area contributed by atoms with Crippen molar-refractivity contribution in [1.82, 2.24) is 14.5 Å². The van der Waals surface area contributed by atoms with Gasteiger partial charge < -0.3 is 9.80 Å². The van der Waals surface area contributed by atoms with E-state index in [0.29, 0.717) is 25.0 Å². The van der Waals surface area contributed by atoms with Gasteiger partial charge in [0.05, 0.1) is 5.52 Å². The molecule has 6 heteroatoms. The van der Waals surface area contributed by atoms with Gasteiger partial charge in [-0.15, -0.1) is 11.8 Å². The number of likely N-dealkylation sites (tertiary alicyclic amines) is 1. The summed E-state index contributed by atoms with van der Waals surface area (Å²) >= 11 is 1.93. The number of thioether (sulfide) groups is 1. The van der Waals surface area contributed by atoms with Crippen LogP contribution in [0.2, 0.25) is 0 Å². The molecule has 1 aliphatic carbocycles. The van der Waals surface area contributed by atoms with Crippen LogP contribution < -0.4 is 5.43 Å². The molecule has 1 aromatic carbocycles. The van der Waals surface area contributed by atoms with E-state index >= 15 is 0 Å². The van der Waals surface area contributed by atoms with Crippen LogP contribution in [0.25, 0.3) is 10.9 Å². The lowest BCUT2D eigenvalue weighted by Crippen LogP contribution is -2.44. The van der Waals surface area contributed by atoms with E-state index in [4.69, 9.17) is 0 Å². The van der Waals surface area contributed by atoms with Crippen LogP contribution in [0.5, 0.6) is 0 Å². The van der Waals surface area contributed by atoms with E-state index in [9.17, 15) is 4.79 Å². The van der Waals surface area contributed by atoms with Gasteiger partial charge in [-0.3, -0.25) is 4.68 Å². The van der Waals surface area contributed by atoms with E-state index < -0.39 is 0 Å². The molecule has 1 fully saturated rings. The molecule has 29 heavy (non-hydrogen) atoms. The maximum atomic E-state index is 12.8. The second kappa shape index (κ2) is 8.60. The fourth-order valence-corrected chi connectivity index (χ4v) is 5.94. The third-order valence-electron chi connectivity index (χ3n) is 6.61. The molecule has 0 saturated carbocycles. The third-order valence-corrected chi connectivity index (χ3v) is 7.79. The minimum atomic E-state index is -0.0274. The Balaban J connectivity index is 1.79. The molecule has 2 amide bonds. The summed E-state index contributed by atoms with van der Waals surface area (Å²) in [5, 5.41) is 1.38. The number of hydrogen-bond acceptors (Lipinski definition) is 3. The van der Waals surface area contributed by atoms with Gasteiger partial charge in [0.2, 0.25) is 0 Å². The Morgan fingerprint density at radius 1 is 1.28 bits per heavy atom. The fraction of sp³-hybridized carbons (Fsp3) is 0.609. The number of benzene rings is 1. The first-order valence-corrected chi connectivity index (χ1v) is 12.1. The van der Waals surface area contributed by atoms with Crippen LogP contribution >= 0.6 is 11.8 Å². The molecule has 2 aromatic rings. The van der Waals surface area contributed by atoms with Gasteiger partial charge in [0.25, 0.3) is 0 Å². The van der Waals surface area contributed by atoms with E-state index in [2.05, 4.69) is 42.6 Å². The SMILES string of the molecule is CCCSc1cc2c3c(cn(NC(=O)N(CC)CC)c3c1)C[C@@H]1[C@@H]2CCCN1C. The molecule has 1 N–H and O–H groups in total. The van der Waals surface area contributed by atoms with Crippen molar-refractivity contribution in [2.24, 2.45) is 0 Å². The first-order chi connectivity index (χ1) is 14.1. The summed E-state index contributed by atoms with van der Waals surface area (Å²) in [4.78, 5) is 18.5. The number of aromatic nitrogens is 1. The molecule has 158 valence electrons. The first-order valence-electron chi connectivity index (χ1n) is 11.1. The van der Waals surface area contributed by atoms with Gasteiger partial charge in [-0.05, 0) is 82.1 Å². The van der Waals surface area contributed by atoms with Crippen molar-refractivity contribution in [3.63, 3.8) is 0 Å². The first kappa shape index (κ1) is 20.6. The molecule has 0 unspecified atom stereocenters.